The lowest BCUT2D eigenvalue weighted by atomic mass is 10.1. The Labute approximate surface area is 80.5 Å². The zero-order chi connectivity index (χ0) is 10.5. The van der Waals surface area contributed by atoms with Gasteiger partial charge in [-0.3, -0.25) is 0 Å². The van der Waals surface area contributed by atoms with Gasteiger partial charge in [0.1, 0.15) is 0 Å². The van der Waals surface area contributed by atoms with Gasteiger partial charge >= 0.3 is 0 Å². The second kappa shape index (κ2) is 4.90. The average molecular weight is 209 g/mol. The number of hydrogen-bond acceptors (Lipinski definition) is 3. The molecule has 80 valence electrons. The Bertz CT molecular complexity index is 231. The van der Waals surface area contributed by atoms with Crippen LogP contribution in [0.3, 0.4) is 0 Å². The average Bonchev–Trinajstić information content (AvgIpc) is 1.81. The smallest absolute Gasteiger partial charge is 0.277 e. The monoisotopic (exact) mass is 209 g/mol. The summed E-state index contributed by atoms with van der Waals surface area (Å²) >= 11 is 0. The van der Waals surface area contributed by atoms with E-state index >= 15 is 0 Å². The molecule has 0 saturated heterocycles. The van der Waals surface area contributed by atoms with Crippen LogP contribution in [-0.4, -0.2) is 34.1 Å². The molecule has 0 radical (unpaired) electrons. The standard InChI is InChI=1S/C7H19N3O2S/c1-7(2,3)10-13(11,12)9-6-5-8-4/h8-10H,5-6H2,1-4H3. The SMILES string of the molecule is CNCCNS(=O)(=O)NC(C)(C)C. The summed E-state index contributed by atoms with van der Waals surface area (Å²) in [4.78, 5) is 0. The minimum atomic E-state index is -3.35. The molecule has 5 nitrogen and oxygen atoms in total. The summed E-state index contributed by atoms with van der Waals surface area (Å²) in [6.07, 6.45) is 0. The van der Waals surface area contributed by atoms with Gasteiger partial charge in [-0.2, -0.15) is 13.1 Å². The van der Waals surface area contributed by atoms with Gasteiger partial charge in [-0.25, -0.2) is 4.72 Å². The molecular formula is C7H19N3O2S. The number of rotatable bonds is 5. The van der Waals surface area contributed by atoms with E-state index in [1.165, 1.54) is 0 Å². The largest absolute Gasteiger partial charge is 0.318 e. The van der Waals surface area contributed by atoms with Crippen LogP contribution in [0.25, 0.3) is 0 Å². The first-order chi connectivity index (χ1) is 5.77. The zero-order valence-electron chi connectivity index (χ0n) is 8.64. The summed E-state index contributed by atoms with van der Waals surface area (Å²) in [5.74, 6) is 0. The van der Waals surface area contributed by atoms with Gasteiger partial charge in [0, 0.05) is 18.6 Å². The highest BCUT2D eigenvalue weighted by Crippen LogP contribution is 1.99. The quantitative estimate of drug-likeness (QED) is 0.531. The maximum absolute atomic E-state index is 11.3. The van der Waals surface area contributed by atoms with Crippen molar-refractivity contribution in [1.29, 1.82) is 0 Å². The van der Waals surface area contributed by atoms with Crippen molar-refractivity contribution in [2.24, 2.45) is 0 Å². The van der Waals surface area contributed by atoms with Crippen molar-refractivity contribution in [1.82, 2.24) is 14.8 Å². The van der Waals surface area contributed by atoms with Crippen molar-refractivity contribution in [2.75, 3.05) is 20.1 Å². The molecule has 0 aromatic heterocycles. The van der Waals surface area contributed by atoms with Gasteiger partial charge in [-0.1, -0.05) is 0 Å². The molecule has 0 aliphatic rings. The van der Waals surface area contributed by atoms with Gasteiger partial charge in [-0.15, -0.1) is 0 Å². The maximum Gasteiger partial charge on any atom is 0.277 e. The van der Waals surface area contributed by atoms with Crippen molar-refractivity contribution in [3.05, 3.63) is 0 Å². The van der Waals surface area contributed by atoms with E-state index in [9.17, 15) is 8.42 Å². The molecule has 0 aromatic rings. The van der Waals surface area contributed by atoms with E-state index in [1.54, 1.807) is 27.8 Å². The Balaban J connectivity index is 3.96. The van der Waals surface area contributed by atoms with Gasteiger partial charge in [0.15, 0.2) is 0 Å². The fourth-order valence-electron chi connectivity index (χ4n) is 0.750. The van der Waals surface area contributed by atoms with Gasteiger partial charge < -0.3 is 5.32 Å². The molecule has 0 fully saturated rings. The second-order valence-electron chi connectivity index (χ2n) is 3.85. The normalized spacial score (nSPS) is 13.2. The highest BCUT2D eigenvalue weighted by molar-refractivity contribution is 7.87. The highest BCUT2D eigenvalue weighted by Gasteiger charge is 2.18. The Morgan fingerprint density at radius 1 is 1.15 bits per heavy atom. The number of hydrogen-bond donors (Lipinski definition) is 3. The molecule has 0 saturated carbocycles. The molecule has 0 unspecified atom stereocenters. The Morgan fingerprint density at radius 3 is 2.08 bits per heavy atom. The first-order valence-electron chi connectivity index (χ1n) is 4.20. The van der Waals surface area contributed by atoms with Crippen LogP contribution in [0.15, 0.2) is 0 Å². The first kappa shape index (κ1) is 12.8. The minimum absolute atomic E-state index is 0.391. The molecule has 0 bridgehead atoms. The minimum Gasteiger partial charge on any atom is -0.318 e. The summed E-state index contributed by atoms with van der Waals surface area (Å²) in [6.45, 7) is 6.39. The van der Waals surface area contributed by atoms with Crippen molar-refractivity contribution < 1.29 is 8.42 Å². The molecule has 3 N–H and O–H groups in total. The summed E-state index contributed by atoms with van der Waals surface area (Å²) in [5, 5.41) is 2.85. The van der Waals surface area contributed by atoms with Crippen LogP contribution in [0.2, 0.25) is 0 Å². The van der Waals surface area contributed by atoms with E-state index in [4.69, 9.17) is 0 Å². The lowest BCUT2D eigenvalue weighted by molar-refractivity contribution is 0.483. The summed E-state index contributed by atoms with van der Waals surface area (Å²) in [5.41, 5.74) is -0.439. The molecule has 0 amide bonds. The Morgan fingerprint density at radius 2 is 1.69 bits per heavy atom. The molecule has 0 heterocycles. The van der Waals surface area contributed by atoms with Gasteiger partial charge in [0.2, 0.25) is 0 Å². The van der Waals surface area contributed by atoms with E-state index in [-0.39, 0.29) is 0 Å². The second-order valence-corrected chi connectivity index (χ2v) is 5.35. The third kappa shape index (κ3) is 8.17. The van der Waals surface area contributed by atoms with Crippen LogP contribution < -0.4 is 14.8 Å². The predicted molar refractivity (Wildman–Crippen MR) is 53.7 cm³/mol. The summed E-state index contributed by atoms with van der Waals surface area (Å²) < 4.78 is 27.4. The molecule has 6 heteroatoms. The third-order valence-electron chi connectivity index (χ3n) is 1.11. The fourth-order valence-corrected chi connectivity index (χ4v) is 2.00. The molecular weight excluding hydrogens is 190 g/mol. The van der Waals surface area contributed by atoms with Gasteiger partial charge in [0.25, 0.3) is 10.2 Å². The van der Waals surface area contributed by atoms with Crippen molar-refractivity contribution >= 4 is 10.2 Å². The number of nitrogens with one attached hydrogen (secondary N) is 3. The van der Waals surface area contributed by atoms with Crippen LogP contribution in [0, 0.1) is 0 Å². The Hall–Kier alpha value is -0.170. The van der Waals surface area contributed by atoms with E-state index in [0.29, 0.717) is 13.1 Å². The highest BCUT2D eigenvalue weighted by atomic mass is 32.2. The number of likely N-dealkylation sites (N-methyl/N-ethyl adjacent to an activating group) is 1. The van der Waals surface area contributed by atoms with E-state index in [0.717, 1.165) is 0 Å². The van der Waals surface area contributed by atoms with Gasteiger partial charge in [0.05, 0.1) is 0 Å². The van der Waals surface area contributed by atoms with Crippen molar-refractivity contribution in [3.63, 3.8) is 0 Å². The van der Waals surface area contributed by atoms with E-state index < -0.39 is 15.7 Å². The zero-order valence-corrected chi connectivity index (χ0v) is 9.46. The molecule has 0 rings (SSSR count). The summed E-state index contributed by atoms with van der Waals surface area (Å²) in [7, 11) is -1.58. The fraction of sp³-hybridized carbons (Fsp3) is 1.00. The topological polar surface area (TPSA) is 70.2 Å². The molecule has 0 aliphatic heterocycles. The molecule has 0 atom stereocenters. The van der Waals surface area contributed by atoms with Crippen LogP contribution >= 0.6 is 0 Å². The third-order valence-corrected chi connectivity index (χ3v) is 2.57. The molecule has 0 aliphatic carbocycles. The van der Waals surface area contributed by atoms with Crippen molar-refractivity contribution in [2.45, 2.75) is 26.3 Å². The van der Waals surface area contributed by atoms with E-state index in [2.05, 4.69) is 14.8 Å². The molecule has 13 heavy (non-hydrogen) atoms. The van der Waals surface area contributed by atoms with Crippen LogP contribution in [0.1, 0.15) is 20.8 Å². The predicted octanol–water partition coefficient (Wildman–Crippen LogP) is -0.572. The van der Waals surface area contributed by atoms with Crippen LogP contribution in [0.5, 0.6) is 0 Å². The Kier molecular flexibility index (Phi) is 4.83. The molecule has 0 spiro atoms. The lowest BCUT2D eigenvalue weighted by Gasteiger charge is -2.20. The molecule has 0 aromatic carbocycles. The van der Waals surface area contributed by atoms with Crippen LogP contribution in [-0.2, 0) is 10.2 Å². The summed E-state index contributed by atoms with van der Waals surface area (Å²) in [6, 6.07) is 0. The van der Waals surface area contributed by atoms with Gasteiger partial charge in [-0.05, 0) is 27.8 Å². The maximum atomic E-state index is 11.3. The van der Waals surface area contributed by atoms with E-state index in [1.807, 2.05) is 0 Å². The first-order valence-corrected chi connectivity index (χ1v) is 5.68. The van der Waals surface area contributed by atoms with Crippen molar-refractivity contribution in [3.8, 4) is 0 Å². The van der Waals surface area contributed by atoms with Crippen LogP contribution in [0.4, 0.5) is 0 Å². The lowest BCUT2D eigenvalue weighted by Crippen LogP contribution is -2.48.